The number of nitrogens with one attached hydrogen (secondary N) is 2. The third-order valence-corrected chi connectivity index (χ3v) is 5.58. The van der Waals surface area contributed by atoms with Crippen LogP contribution in [-0.2, 0) is 26.3 Å². The zero-order chi connectivity index (χ0) is 21.4. The average Bonchev–Trinajstić information content (AvgIpc) is 2.81. The normalized spacial score (nSPS) is 15.1. The molecule has 0 saturated carbocycles. The van der Waals surface area contributed by atoms with Gasteiger partial charge in [-0.05, 0) is 36.6 Å². The fourth-order valence-corrected chi connectivity index (χ4v) is 3.71. The molecule has 2 amide bonds. The van der Waals surface area contributed by atoms with E-state index in [1.165, 1.54) is 0 Å². The summed E-state index contributed by atoms with van der Waals surface area (Å²) in [6.07, 6.45) is 1.53. The Morgan fingerprint density at radius 1 is 0.933 bits per heavy atom. The molecular weight excluding hydrogens is 384 g/mol. The summed E-state index contributed by atoms with van der Waals surface area (Å²) in [6, 6.07) is 15.2. The van der Waals surface area contributed by atoms with Crippen molar-refractivity contribution in [3.05, 3.63) is 59.7 Å². The summed E-state index contributed by atoms with van der Waals surface area (Å²) in [4.78, 5) is 24.7. The third kappa shape index (κ3) is 5.10. The van der Waals surface area contributed by atoms with E-state index >= 15 is 0 Å². The number of benzene rings is 2. The molecule has 0 atom stereocenters. The van der Waals surface area contributed by atoms with E-state index in [9.17, 15) is 9.59 Å². The number of para-hydroxylation sites is 1. The van der Waals surface area contributed by atoms with Crippen molar-refractivity contribution in [1.82, 2.24) is 10.6 Å². The molecule has 2 aromatic rings. The van der Waals surface area contributed by atoms with Crippen LogP contribution in [0.25, 0.3) is 0 Å². The van der Waals surface area contributed by atoms with Gasteiger partial charge in [-0.1, -0.05) is 30.3 Å². The van der Waals surface area contributed by atoms with Crippen molar-refractivity contribution in [2.24, 2.45) is 0 Å². The molecule has 1 fully saturated rings. The fraction of sp³-hybridized carbons (Fsp3) is 0.391. The largest absolute Gasteiger partial charge is 0.497 e. The number of methoxy groups -OCH3 is 2. The fourth-order valence-electron chi connectivity index (χ4n) is 3.71. The number of carbonyl (C=O) groups excluding carboxylic acids is 2. The first kappa shape index (κ1) is 21.6. The molecule has 30 heavy (non-hydrogen) atoms. The molecule has 1 saturated heterocycles. The Hall–Kier alpha value is -3.06. The molecule has 2 aromatic carbocycles. The molecule has 0 spiro atoms. The summed E-state index contributed by atoms with van der Waals surface area (Å²) >= 11 is 0. The van der Waals surface area contributed by atoms with E-state index < -0.39 is 11.8 Å². The van der Waals surface area contributed by atoms with Crippen LogP contribution in [0.15, 0.2) is 48.5 Å². The molecule has 160 valence electrons. The highest BCUT2D eigenvalue weighted by Crippen LogP contribution is 2.35. The minimum Gasteiger partial charge on any atom is -0.497 e. The van der Waals surface area contributed by atoms with Crippen LogP contribution in [0.3, 0.4) is 0 Å². The van der Waals surface area contributed by atoms with Gasteiger partial charge >= 0.3 is 11.8 Å². The molecule has 0 unspecified atom stereocenters. The van der Waals surface area contributed by atoms with Gasteiger partial charge in [-0.25, -0.2) is 0 Å². The van der Waals surface area contributed by atoms with Crippen molar-refractivity contribution in [2.45, 2.75) is 24.8 Å². The first-order valence-corrected chi connectivity index (χ1v) is 9.98. The lowest BCUT2D eigenvalue weighted by atomic mass is 9.74. The second-order valence-corrected chi connectivity index (χ2v) is 7.30. The van der Waals surface area contributed by atoms with Gasteiger partial charge in [0.05, 0.1) is 14.2 Å². The molecular formula is C23H28N2O5. The van der Waals surface area contributed by atoms with E-state index in [1.807, 2.05) is 48.5 Å². The lowest BCUT2D eigenvalue weighted by Gasteiger charge is -2.38. The zero-order valence-corrected chi connectivity index (χ0v) is 17.4. The number of hydrogen-bond donors (Lipinski definition) is 2. The molecule has 7 nitrogen and oxygen atoms in total. The summed E-state index contributed by atoms with van der Waals surface area (Å²) in [5, 5.41) is 5.47. The Balaban J connectivity index is 1.61. The molecule has 1 aliphatic rings. The van der Waals surface area contributed by atoms with Gasteiger partial charge in [0.2, 0.25) is 0 Å². The summed E-state index contributed by atoms with van der Waals surface area (Å²) in [5.74, 6) is 0.127. The van der Waals surface area contributed by atoms with E-state index in [4.69, 9.17) is 14.2 Å². The van der Waals surface area contributed by atoms with Gasteiger partial charge in [-0.15, -0.1) is 0 Å². The second-order valence-electron chi connectivity index (χ2n) is 7.30. The highest BCUT2D eigenvalue weighted by Gasteiger charge is 2.35. The lowest BCUT2D eigenvalue weighted by Crippen LogP contribution is -2.48. The van der Waals surface area contributed by atoms with E-state index in [0.29, 0.717) is 25.5 Å². The Morgan fingerprint density at radius 3 is 2.27 bits per heavy atom. The van der Waals surface area contributed by atoms with Gasteiger partial charge in [0.15, 0.2) is 0 Å². The maximum absolute atomic E-state index is 12.4. The van der Waals surface area contributed by atoms with Crippen LogP contribution in [0.2, 0.25) is 0 Å². The van der Waals surface area contributed by atoms with Crippen LogP contribution >= 0.6 is 0 Å². The van der Waals surface area contributed by atoms with Crippen LogP contribution in [0.1, 0.15) is 24.0 Å². The monoisotopic (exact) mass is 412 g/mol. The van der Waals surface area contributed by atoms with Crippen LogP contribution in [0.5, 0.6) is 11.5 Å². The number of ether oxygens (including phenoxy) is 3. The maximum atomic E-state index is 12.4. The summed E-state index contributed by atoms with van der Waals surface area (Å²) in [5.41, 5.74) is 1.63. The first-order chi connectivity index (χ1) is 14.6. The Morgan fingerprint density at radius 2 is 1.60 bits per heavy atom. The van der Waals surface area contributed by atoms with Crippen LogP contribution in [-0.4, -0.2) is 45.8 Å². The van der Waals surface area contributed by atoms with Crippen LogP contribution in [0, 0.1) is 0 Å². The van der Waals surface area contributed by atoms with Gasteiger partial charge in [-0.3, -0.25) is 9.59 Å². The predicted molar refractivity (Wildman–Crippen MR) is 113 cm³/mol. The van der Waals surface area contributed by atoms with Crippen molar-refractivity contribution < 1.29 is 23.8 Å². The van der Waals surface area contributed by atoms with E-state index in [0.717, 1.165) is 29.7 Å². The van der Waals surface area contributed by atoms with Crippen LogP contribution in [0.4, 0.5) is 0 Å². The van der Waals surface area contributed by atoms with Crippen molar-refractivity contribution in [3.8, 4) is 11.5 Å². The molecule has 7 heteroatoms. The van der Waals surface area contributed by atoms with Crippen molar-refractivity contribution in [3.63, 3.8) is 0 Å². The van der Waals surface area contributed by atoms with Gasteiger partial charge in [0.25, 0.3) is 0 Å². The first-order valence-electron chi connectivity index (χ1n) is 9.98. The summed E-state index contributed by atoms with van der Waals surface area (Å²) < 4.78 is 16.0. The van der Waals surface area contributed by atoms with E-state index in [2.05, 4.69) is 10.6 Å². The van der Waals surface area contributed by atoms with Crippen LogP contribution < -0.4 is 20.1 Å². The number of amides is 2. The quantitative estimate of drug-likeness (QED) is 0.681. The standard InChI is InChI=1S/C23H28N2O5/c1-28-19-9-7-18(8-10-19)23(11-13-30-14-12-23)16-25-22(27)21(26)24-15-17-5-3-4-6-20(17)29-2/h3-10H,11-16H2,1-2H3,(H,24,26)(H,25,27). The van der Waals surface area contributed by atoms with E-state index in [1.54, 1.807) is 14.2 Å². The second kappa shape index (κ2) is 10.1. The van der Waals surface area contributed by atoms with E-state index in [-0.39, 0.29) is 12.0 Å². The number of hydrogen-bond acceptors (Lipinski definition) is 5. The Bertz CT molecular complexity index is 860. The minimum absolute atomic E-state index is 0.216. The molecule has 0 aliphatic carbocycles. The number of rotatable bonds is 7. The molecule has 1 aliphatic heterocycles. The summed E-state index contributed by atoms with van der Waals surface area (Å²) in [6.45, 7) is 1.81. The highest BCUT2D eigenvalue weighted by molar-refractivity contribution is 6.35. The third-order valence-electron chi connectivity index (χ3n) is 5.58. The Labute approximate surface area is 176 Å². The van der Waals surface area contributed by atoms with Gasteiger partial charge < -0.3 is 24.8 Å². The van der Waals surface area contributed by atoms with Gasteiger partial charge in [-0.2, -0.15) is 0 Å². The van der Waals surface area contributed by atoms with Gasteiger partial charge in [0.1, 0.15) is 11.5 Å². The Kier molecular flexibility index (Phi) is 7.30. The molecule has 0 bridgehead atoms. The SMILES string of the molecule is COc1ccc(C2(CNC(=O)C(=O)NCc3ccccc3OC)CCOCC2)cc1. The molecule has 2 N–H and O–H groups in total. The molecule has 0 aromatic heterocycles. The van der Waals surface area contributed by atoms with Crippen molar-refractivity contribution >= 4 is 11.8 Å². The highest BCUT2D eigenvalue weighted by atomic mass is 16.5. The minimum atomic E-state index is -0.669. The molecule has 1 heterocycles. The van der Waals surface area contributed by atoms with Crippen molar-refractivity contribution in [1.29, 1.82) is 0 Å². The molecule has 0 radical (unpaired) electrons. The predicted octanol–water partition coefficient (Wildman–Crippen LogP) is 2.18. The lowest BCUT2D eigenvalue weighted by molar-refractivity contribution is -0.139. The summed E-state index contributed by atoms with van der Waals surface area (Å²) in [7, 11) is 3.20. The average molecular weight is 412 g/mol. The van der Waals surface area contributed by atoms with Crippen molar-refractivity contribution in [2.75, 3.05) is 34.0 Å². The zero-order valence-electron chi connectivity index (χ0n) is 17.4. The molecule has 3 rings (SSSR count). The smallest absolute Gasteiger partial charge is 0.309 e. The van der Waals surface area contributed by atoms with Gasteiger partial charge in [0, 0.05) is 37.3 Å². The number of carbonyl (C=O) groups is 2. The topological polar surface area (TPSA) is 85.9 Å². The maximum Gasteiger partial charge on any atom is 0.309 e.